The molecule has 0 spiro atoms. The smallest absolute Gasteiger partial charge is 0.262 e. The lowest BCUT2D eigenvalue weighted by Crippen LogP contribution is -2.55. The van der Waals surface area contributed by atoms with Gasteiger partial charge < -0.3 is 0 Å². The van der Waals surface area contributed by atoms with Gasteiger partial charge in [-0.3, -0.25) is 29.0 Å². The molecular weight excluding hydrogens is 428 g/mol. The molecule has 4 rings (SSSR count). The molecule has 178 valence electrons. The molecule has 0 radical (unpaired) electrons. The number of carbonyl (C=O) groups is 4. The largest absolute Gasteiger partial charge is 0.276 e. The summed E-state index contributed by atoms with van der Waals surface area (Å²) in [5, 5.41) is 0. The lowest BCUT2D eigenvalue weighted by atomic mass is 10.0. The number of fused-ring (bicyclic) bond motifs is 1. The molecule has 0 bridgehead atoms. The summed E-state index contributed by atoms with van der Waals surface area (Å²) in [6, 6.07) is 13.7. The molecule has 0 aliphatic carbocycles. The Bertz CT molecular complexity index is 1080. The van der Waals surface area contributed by atoms with Gasteiger partial charge in [0.15, 0.2) is 0 Å². The molecule has 2 heterocycles. The van der Waals surface area contributed by atoms with Crippen LogP contribution in [-0.2, 0) is 22.6 Å². The van der Waals surface area contributed by atoms with Crippen molar-refractivity contribution >= 4 is 23.6 Å². The summed E-state index contributed by atoms with van der Waals surface area (Å²) in [5.41, 5.74) is 2.57. The monoisotopic (exact) mass is 460 g/mol. The van der Waals surface area contributed by atoms with Crippen molar-refractivity contribution in [1.29, 1.82) is 0 Å². The van der Waals surface area contributed by atoms with Gasteiger partial charge in [-0.15, -0.1) is 0 Å². The molecule has 2 aromatic carbocycles. The van der Waals surface area contributed by atoms with Gasteiger partial charge in [0.25, 0.3) is 17.7 Å². The molecule has 1 atom stereocenters. The van der Waals surface area contributed by atoms with Gasteiger partial charge in [-0.25, -0.2) is 0 Å². The maximum Gasteiger partial charge on any atom is 0.262 e. The summed E-state index contributed by atoms with van der Waals surface area (Å²) >= 11 is 0. The molecule has 6 nitrogen and oxygen atoms in total. The number of aryl methyl sites for hydroxylation is 1. The highest BCUT2D eigenvalue weighted by atomic mass is 16.2. The van der Waals surface area contributed by atoms with E-state index in [9.17, 15) is 19.2 Å². The van der Waals surface area contributed by atoms with Crippen LogP contribution in [-0.4, -0.2) is 39.5 Å². The minimum atomic E-state index is -0.948. The maximum absolute atomic E-state index is 13.2. The van der Waals surface area contributed by atoms with E-state index in [0.717, 1.165) is 35.3 Å². The van der Waals surface area contributed by atoms with E-state index in [0.29, 0.717) is 11.1 Å². The molecule has 1 fully saturated rings. The van der Waals surface area contributed by atoms with Gasteiger partial charge >= 0.3 is 0 Å². The Morgan fingerprint density at radius 1 is 0.794 bits per heavy atom. The number of hydrogen-bond acceptors (Lipinski definition) is 4. The summed E-state index contributed by atoms with van der Waals surface area (Å²) in [6.07, 6.45) is 8.30. The van der Waals surface area contributed by atoms with Crippen molar-refractivity contribution in [3.63, 3.8) is 0 Å². The third-order valence-corrected chi connectivity index (χ3v) is 6.78. The fourth-order valence-electron chi connectivity index (χ4n) is 4.85. The lowest BCUT2D eigenvalue weighted by Gasteiger charge is -2.34. The third kappa shape index (κ3) is 4.96. The zero-order chi connectivity index (χ0) is 24.1. The summed E-state index contributed by atoms with van der Waals surface area (Å²) in [7, 11) is 0. The summed E-state index contributed by atoms with van der Waals surface area (Å²) in [6.45, 7) is 2.34. The van der Waals surface area contributed by atoms with Gasteiger partial charge in [0, 0.05) is 6.42 Å². The van der Waals surface area contributed by atoms with Crippen LogP contribution < -0.4 is 0 Å². The Kier molecular flexibility index (Phi) is 7.56. The number of unbranched alkanes of at least 4 members (excludes halogenated alkanes) is 5. The quantitative estimate of drug-likeness (QED) is 0.373. The van der Waals surface area contributed by atoms with E-state index in [1.165, 1.54) is 30.6 Å². The fourth-order valence-corrected chi connectivity index (χ4v) is 4.85. The Morgan fingerprint density at radius 3 is 2.26 bits per heavy atom. The Morgan fingerprint density at radius 2 is 1.50 bits per heavy atom. The van der Waals surface area contributed by atoms with Crippen molar-refractivity contribution in [2.75, 3.05) is 0 Å². The van der Waals surface area contributed by atoms with Crippen LogP contribution in [0.4, 0.5) is 0 Å². The highest BCUT2D eigenvalue weighted by Gasteiger charge is 2.46. The number of carbonyl (C=O) groups excluding carboxylic acids is 4. The molecule has 34 heavy (non-hydrogen) atoms. The Labute approximate surface area is 200 Å². The molecule has 1 unspecified atom stereocenters. The van der Waals surface area contributed by atoms with Crippen LogP contribution in [0.5, 0.6) is 0 Å². The number of benzene rings is 2. The highest BCUT2D eigenvalue weighted by Crippen LogP contribution is 2.30. The molecule has 0 saturated carbocycles. The van der Waals surface area contributed by atoms with E-state index in [1.54, 1.807) is 6.07 Å². The molecule has 0 N–H and O–H groups in total. The predicted molar refractivity (Wildman–Crippen MR) is 129 cm³/mol. The van der Waals surface area contributed by atoms with E-state index in [4.69, 9.17) is 0 Å². The van der Waals surface area contributed by atoms with Crippen molar-refractivity contribution in [1.82, 2.24) is 9.80 Å². The van der Waals surface area contributed by atoms with E-state index in [-0.39, 0.29) is 25.3 Å². The van der Waals surface area contributed by atoms with Crippen LogP contribution in [0.3, 0.4) is 0 Å². The zero-order valence-electron chi connectivity index (χ0n) is 19.8. The molecule has 1 saturated heterocycles. The first-order valence-electron chi connectivity index (χ1n) is 12.4. The Hall–Kier alpha value is -3.28. The second-order valence-corrected chi connectivity index (χ2v) is 9.24. The summed E-state index contributed by atoms with van der Waals surface area (Å²) in [5.74, 6) is -1.64. The minimum Gasteiger partial charge on any atom is -0.276 e. The number of nitrogens with zero attached hydrogens (tertiary/aromatic N) is 2. The van der Waals surface area contributed by atoms with Crippen LogP contribution in [0.15, 0.2) is 48.5 Å². The summed E-state index contributed by atoms with van der Waals surface area (Å²) < 4.78 is 0. The van der Waals surface area contributed by atoms with Gasteiger partial charge in [-0.1, -0.05) is 75.4 Å². The topological polar surface area (TPSA) is 74.8 Å². The van der Waals surface area contributed by atoms with Crippen molar-refractivity contribution < 1.29 is 19.2 Å². The number of imide groups is 2. The van der Waals surface area contributed by atoms with E-state index < -0.39 is 23.8 Å². The van der Waals surface area contributed by atoms with Crippen LogP contribution in [0.25, 0.3) is 0 Å². The predicted octanol–water partition coefficient (Wildman–Crippen LogP) is 4.90. The average molecular weight is 461 g/mol. The number of likely N-dealkylation sites (tertiary alicyclic amines) is 1. The second-order valence-electron chi connectivity index (χ2n) is 9.24. The number of hydrogen-bond donors (Lipinski definition) is 0. The molecule has 2 aliphatic rings. The van der Waals surface area contributed by atoms with Crippen LogP contribution in [0, 0.1) is 0 Å². The lowest BCUT2D eigenvalue weighted by molar-refractivity contribution is -0.152. The van der Waals surface area contributed by atoms with Crippen molar-refractivity contribution in [3.8, 4) is 0 Å². The Balaban J connectivity index is 1.45. The molecule has 4 amide bonds. The van der Waals surface area contributed by atoms with Crippen LogP contribution >= 0.6 is 0 Å². The van der Waals surface area contributed by atoms with Gasteiger partial charge in [-0.2, -0.15) is 0 Å². The molecular formula is C28H32N2O4. The van der Waals surface area contributed by atoms with Crippen molar-refractivity contribution in [2.24, 2.45) is 0 Å². The highest BCUT2D eigenvalue weighted by molar-refractivity contribution is 6.23. The van der Waals surface area contributed by atoms with Crippen molar-refractivity contribution in [2.45, 2.75) is 77.3 Å². The number of amides is 4. The second kappa shape index (κ2) is 10.8. The number of rotatable bonds is 10. The van der Waals surface area contributed by atoms with E-state index in [1.807, 2.05) is 42.5 Å². The molecule has 6 heteroatoms. The van der Waals surface area contributed by atoms with Crippen molar-refractivity contribution in [3.05, 3.63) is 70.8 Å². The maximum atomic E-state index is 13.2. The summed E-state index contributed by atoms with van der Waals surface area (Å²) in [4.78, 5) is 54.4. The first-order valence-corrected chi connectivity index (χ1v) is 12.4. The molecule has 2 aromatic rings. The third-order valence-electron chi connectivity index (χ3n) is 6.78. The average Bonchev–Trinajstić information content (AvgIpc) is 3.09. The molecule has 0 aromatic heterocycles. The molecule has 2 aliphatic heterocycles. The first-order chi connectivity index (χ1) is 16.5. The van der Waals surface area contributed by atoms with E-state index >= 15 is 0 Å². The number of piperidine rings is 1. The van der Waals surface area contributed by atoms with Crippen LogP contribution in [0.2, 0.25) is 0 Å². The first kappa shape index (κ1) is 23.9. The standard InChI is InChI=1S/C28H32N2O4/c1-2-3-4-5-6-8-11-20-14-15-22-23(18-20)27(33)30(26(22)32)24-16-17-25(31)29(28(24)34)19-21-12-9-7-10-13-21/h7,9-10,12-15,18,24H,2-6,8,11,16-17,19H2,1H3. The van der Waals surface area contributed by atoms with Gasteiger partial charge in [0.05, 0.1) is 17.7 Å². The fraction of sp³-hybridized carbons (Fsp3) is 0.429. The van der Waals surface area contributed by atoms with Crippen LogP contribution in [0.1, 0.15) is 90.1 Å². The SMILES string of the molecule is CCCCCCCCc1ccc2c(c1)C(=O)N(C1CCC(=O)N(Cc3ccccc3)C1=O)C2=O. The zero-order valence-corrected chi connectivity index (χ0v) is 19.8. The normalized spacial score (nSPS) is 18.1. The minimum absolute atomic E-state index is 0.125. The van der Waals surface area contributed by atoms with Gasteiger partial charge in [0.2, 0.25) is 5.91 Å². The van der Waals surface area contributed by atoms with Gasteiger partial charge in [-0.05, 0) is 42.5 Å². The van der Waals surface area contributed by atoms with Gasteiger partial charge in [0.1, 0.15) is 6.04 Å². The van der Waals surface area contributed by atoms with E-state index in [2.05, 4.69) is 6.92 Å².